The van der Waals surface area contributed by atoms with E-state index in [0.29, 0.717) is 13.1 Å². The highest BCUT2D eigenvalue weighted by molar-refractivity contribution is 5.77. The molecule has 0 aliphatic carbocycles. The van der Waals surface area contributed by atoms with Gasteiger partial charge in [0.05, 0.1) is 12.6 Å². The Morgan fingerprint density at radius 1 is 1.13 bits per heavy atom. The topological polar surface area (TPSA) is 125 Å². The lowest BCUT2D eigenvalue weighted by molar-refractivity contribution is -0.146. The van der Waals surface area contributed by atoms with E-state index in [1.165, 1.54) is 6.92 Å². The number of benzene rings is 1. The molecule has 1 aliphatic heterocycles. The molecule has 1 saturated heterocycles. The summed E-state index contributed by atoms with van der Waals surface area (Å²) in [5.41, 5.74) is 0.863. The quantitative estimate of drug-likeness (QED) is 0.551. The zero-order valence-corrected chi connectivity index (χ0v) is 16.9. The number of piperazine rings is 1. The molecule has 1 fully saturated rings. The highest BCUT2D eigenvalue weighted by Gasteiger charge is 2.31. The number of hydrogen-bond donors (Lipinski definition) is 2. The molecule has 1 heterocycles. The van der Waals surface area contributed by atoms with Crippen molar-refractivity contribution in [3.05, 3.63) is 35.9 Å². The van der Waals surface area contributed by atoms with Crippen LogP contribution in [0.5, 0.6) is 0 Å². The largest absolute Gasteiger partial charge is 0.480 e. The molecule has 2 N–H and O–H groups in total. The van der Waals surface area contributed by atoms with Crippen LogP contribution in [0.4, 0.5) is 4.79 Å². The van der Waals surface area contributed by atoms with Crippen molar-refractivity contribution in [1.82, 2.24) is 15.1 Å². The fourth-order valence-corrected chi connectivity index (χ4v) is 3.08. The molecule has 164 valence electrons. The normalized spacial score (nSPS) is 16.6. The summed E-state index contributed by atoms with van der Waals surface area (Å²) >= 11 is 0. The Kier molecular flexibility index (Phi) is 9.07. The maximum Gasteiger partial charge on any atom is 0.407 e. The Balaban J connectivity index is 1.75. The fourth-order valence-electron chi connectivity index (χ4n) is 3.08. The Morgan fingerprint density at radius 2 is 1.87 bits per heavy atom. The molecule has 1 aliphatic rings. The summed E-state index contributed by atoms with van der Waals surface area (Å²) in [6.07, 6.45) is -0.523. The molecule has 1 unspecified atom stereocenters. The third-order valence-electron chi connectivity index (χ3n) is 4.60. The molecule has 0 radical (unpaired) electrons. The number of hydrogen-bond acceptors (Lipinski definition) is 7. The Bertz CT molecular complexity index is 741. The van der Waals surface area contributed by atoms with Gasteiger partial charge < -0.3 is 24.8 Å². The smallest absolute Gasteiger partial charge is 0.407 e. The monoisotopic (exact) mass is 421 g/mol. The first kappa shape index (κ1) is 23.1. The molecule has 0 aromatic heterocycles. The minimum Gasteiger partial charge on any atom is -0.480 e. The zero-order valence-electron chi connectivity index (χ0n) is 16.9. The van der Waals surface area contributed by atoms with Gasteiger partial charge in [-0.15, -0.1) is 0 Å². The second-order valence-corrected chi connectivity index (χ2v) is 6.90. The lowest BCUT2D eigenvalue weighted by atomic mass is 10.1. The molecule has 30 heavy (non-hydrogen) atoms. The van der Waals surface area contributed by atoms with Gasteiger partial charge in [-0.1, -0.05) is 30.3 Å². The maximum absolute atomic E-state index is 12.5. The van der Waals surface area contributed by atoms with Crippen LogP contribution in [0, 0.1) is 0 Å². The first-order valence-corrected chi connectivity index (χ1v) is 9.66. The third kappa shape index (κ3) is 8.08. The summed E-state index contributed by atoms with van der Waals surface area (Å²) in [6.45, 7) is 2.32. The molecule has 0 spiro atoms. The number of carbonyl (C=O) groups excluding carboxylic acids is 3. The van der Waals surface area contributed by atoms with Crippen molar-refractivity contribution in [2.24, 2.45) is 0 Å². The van der Waals surface area contributed by atoms with Gasteiger partial charge >= 0.3 is 18.0 Å². The second-order valence-electron chi connectivity index (χ2n) is 6.90. The zero-order chi connectivity index (χ0) is 21.9. The first-order valence-electron chi connectivity index (χ1n) is 9.66. The van der Waals surface area contributed by atoms with Gasteiger partial charge in [0, 0.05) is 39.5 Å². The number of carbonyl (C=O) groups is 4. The molecule has 1 aromatic rings. The van der Waals surface area contributed by atoms with Crippen LogP contribution in [-0.4, -0.2) is 84.2 Å². The number of rotatable bonds is 9. The lowest BCUT2D eigenvalue weighted by Crippen LogP contribution is -2.57. The summed E-state index contributed by atoms with van der Waals surface area (Å²) in [5.74, 6) is -1.63. The van der Waals surface area contributed by atoms with Crippen molar-refractivity contribution in [1.29, 1.82) is 0 Å². The number of carboxylic acid groups (broad SMARTS) is 1. The standard InChI is InChI=1S/C20H27N3O7/c1-15(24)29-14-17-11-23(10-9-22(17)12-19(26)27)18(25)7-8-21-20(28)30-13-16-5-3-2-4-6-16/h2-6,17H,7-14H2,1H3,(H,21,28)(H,26,27). The molecular formula is C20H27N3O7. The molecule has 0 saturated carbocycles. The predicted octanol–water partition coefficient (Wildman–Crippen LogP) is 0.463. The van der Waals surface area contributed by atoms with Crippen molar-refractivity contribution in [2.45, 2.75) is 26.0 Å². The predicted molar refractivity (Wildman–Crippen MR) is 105 cm³/mol. The van der Waals surface area contributed by atoms with Crippen molar-refractivity contribution in [3.63, 3.8) is 0 Å². The molecule has 10 heteroatoms. The van der Waals surface area contributed by atoms with Crippen LogP contribution in [0.3, 0.4) is 0 Å². The van der Waals surface area contributed by atoms with Gasteiger partial charge in [-0.2, -0.15) is 0 Å². The number of alkyl carbamates (subject to hydrolysis) is 1. The van der Waals surface area contributed by atoms with E-state index in [4.69, 9.17) is 14.6 Å². The SMILES string of the molecule is CC(=O)OCC1CN(C(=O)CCNC(=O)OCc2ccccc2)CCN1CC(=O)O. The summed E-state index contributed by atoms with van der Waals surface area (Å²) in [6, 6.07) is 8.85. The molecule has 0 bridgehead atoms. The highest BCUT2D eigenvalue weighted by Crippen LogP contribution is 2.12. The molecular weight excluding hydrogens is 394 g/mol. The fraction of sp³-hybridized carbons (Fsp3) is 0.500. The number of aliphatic carboxylic acids is 1. The van der Waals surface area contributed by atoms with Gasteiger partial charge in [-0.25, -0.2) is 4.79 Å². The second kappa shape index (κ2) is 11.8. The van der Waals surface area contributed by atoms with Crippen molar-refractivity contribution >= 4 is 23.9 Å². The van der Waals surface area contributed by atoms with Crippen LogP contribution in [-0.2, 0) is 30.5 Å². The van der Waals surface area contributed by atoms with E-state index in [2.05, 4.69) is 5.32 Å². The van der Waals surface area contributed by atoms with Gasteiger partial charge in [0.15, 0.2) is 0 Å². The maximum atomic E-state index is 12.5. The Hall–Kier alpha value is -3.14. The average molecular weight is 421 g/mol. The third-order valence-corrected chi connectivity index (χ3v) is 4.60. The molecule has 2 amide bonds. The minimum atomic E-state index is -0.985. The number of amides is 2. The molecule has 1 atom stereocenters. The van der Waals surface area contributed by atoms with Gasteiger partial charge in [0.2, 0.25) is 5.91 Å². The van der Waals surface area contributed by atoms with Gasteiger partial charge in [-0.05, 0) is 5.56 Å². The van der Waals surface area contributed by atoms with E-state index in [0.717, 1.165) is 5.56 Å². The van der Waals surface area contributed by atoms with Crippen molar-refractivity contribution in [2.75, 3.05) is 39.3 Å². The van der Waals surface area contributed by atoms with Gasteiger partial charge in [0.1, 0.15) is 13.2 Å². The Morgan fingerprint density at radius 3 is 2.53 bits per heavy atom. The first-order chi connectivity index (χ1) is 14.3. The minimum absolute atomic E-state index is 0.0104. The summed E-state index contributed by atoms with van der Waals surface area (Å²) < 4.78 is 10.1. The van der Waals surface area contributed by atoms with E-state index in [1.54, 1.807) is 9.80 Å². The van der Waals surface area contributed by atoms with Gasteiger partial charge in [0.25, 0.3) is 0 Å². The van der Waals surface area contributed by atoms with Crippen LogP contribution < -0.4 is 5.32 Å². The summed E-state index contributed by atoms with van der Waals surface area (Å²) in [7, 11) is 0. The van der Waals surface area contributed by atoms with Gasteiger partial charge in [-0.3, -0.25) is 19.3 Å². The van der Waals surface area contributed by atoms with E-state index >= 15 is 0 Å². The van der Waals surface area contributed by atoms with E-state index in [1.807, 2.05) is 30.3 Å². The Labute approximate surface area is 174 Å². The number of ether oxygens (including phenoxy) is 2. The van der Waals surface area contributed by atoms with Crippen LogP contribution in [0.15, 0.2) is 30.3 Å². The van der Waals surface area contributed by atoms with Crippen LogP contribution in [0.1, 0.15) is 18.9 Å². The molecule has 2 rings (SSSR count). The van der Waals surface area contributed by atoms with Crippen molar-refractivity contribution < 1.29 is 33.8 Å². The number of carboxylic acids is 1. The van der Waals surface area contributed by atoms with Crippen LogP contribution in [0.2, 0.25) is 0 Å². The highest BCUT2D eigenvalue weighted by atomic mass is 16.5. The van der Waals surface area contributed by atoms with Crippen LogP contribution in [0.25, 0.3) is 0 Å². The van der Waals surface area contributed by atoms with E-state index in [9.17, 15) is 19.2 Å². The molecule has 1 aromatic carbocycles. The van der Waals surface area contributed by atoms with E-state index < -0.39 is 24.1 Å². The average Bonchev–Trinajstić information content (AvgIpc) is 2.71. The van der Waals surface area contributed by atoms with Crippen molar-refractivity contribution in [3.8, 4) is 0 Å². The number of nitrogens with zero attached hydrogens (tertiary/aromatic N) is 2. The van der Waals surface area contributed by atoms with E-state index in [-0.39, 0.29) is 45.2 Å². The summed E-state index contributed by atoms with van der Waals surface area (Å²) in [5, 5.41) is 11.6. The number of esters is 1. The summed E-state index contributed by atoms with van der Waals surface area (Å²) in [4.78, 5) is 49.6. The lowest BCUT2D eigenvalue weighted by Gasteiger charge is -2.40. The molecule has 10 nitrogen and oxygen atoms in total. The van der Waals surface area contributed by atoms with Crippen LogP contribution >= 0.6 is 0 Å². The number of nitrogens with one attached hydrogen (secondary N) is 1.